The topological polar surface area (TPSA) is 70.2 Å². The van der Waals surface area contributed by atoms with E-state index in [1.165, 1.54) is 6.07 Å². The second kappa shape index (κ2) is 8.00. The molecular formula is C22H25FN4O2S. The number of H-pyrrole nitrogens is 1. The molecule has 1 aromatic carbocycles. The second-order valence-electron chi connectivity index (χ2n) is 8.00. The van der Waals surface area contributed by atoms with Crippen molar-refractivity contribution >= 4 is 33.3 Å². The van der Waals surface area contributed by atoms with Crippen molar-refractivity contribution in [3.05, 3.63) is 45.8 Å². The maximum Gasteiger partial charge on any atom is 0.270 e. The number of rotatable bonds is 5. The molecule has 0 saturated carbocycles. The molecule has 4 heterocycles. The van der Waals surface area contributed by atoms with Crippen LogP contribution in [0, 0.1) is 11.7 Å². The van der Waals surface area contributed by atoms with E-state index in [1.807, 2.05) is 11.8 Å². The fourth-order valence-corrected chi connectivity index (χ4v) is 5.33. The molecule has 2 aliphatic heterocycles. The van der Waals surface area contributed by atoms with Gasteiger partial charge in [-0.3, -0.25) is 4.79 Å². The molecule has 1 saturated heterocycles. The van der Waals surface area contributed by atoms with Gasteiger partial charge in [-0.25, -0.2) is 9.37 Å². The molecule has 8 heteroatoms. The van der Waals surface area contributed by atoms with Gasteiger partial charge in [-0.05, 0) is 36.6 Å². The number of hydrogen-bond acceptors (Lipinski definition) is 5. The minimum Gasteiger partial charge on any atom is -0.381 e. The third kappa shape index (κ3) is 3.58. The molecule has 1 amide bonds. The lowest BCUT2D eigenvalue weighted by molar-refractivity contribution is 0.0731. The number of aryl methyl sites for hydroxylation is 1. The molecule has 0 spiro atoms. The van der Waals surface area contributed by atoms with Gasteiger partial charge in [-0.15, -0.1) is 0 Å². The normalized spacial score (nSPS) is 18.7. The van der Waals surface area contributed by atoms with Gasteiger partial charge in [0.25, 0.3) is 5.91 Å². The number of nitrogens with zero attached hydrogens (tertiary/aromatic N) is 2. The summed E-state index contributed by atoms with van der Waals surface area (Å²) in [6.07, 6.45) is 2.43. The largest absolute Gasteiger partial charge is 0.381 e. The molecule has 0 radical (unpaired) electrons. The third-order valence-corrected chi connectivity index (χ3v) is 7.07. The SMILES string of the molecule is CCc1c(F)ccc2[nH]c(C(=O)N3CCc4nc(NCC5CCOC5)sc4C3)cc12. The minimum atomic E-state index is -0.223. The monoisotopic (exact) mass is 428 g/mol. The Balaban J connectivity index is 1.30. The Labute approximate surface area is 178 Å². The molecule has 1 fully saturated rings. The maximum absolute atomic E-state index is 14.1. The first-order valence-corrected chi connectivity index (χ1v) is 11.3. The number of benzene rings is 1. The molecule has 6 nitrogen and oxygen atoms in total. The Morgan fingerprint density at radius 3 is 3.17 bits per heavy atom. The lowest BCUT2D eigenvalue weighted by Crippen LogP contribution is -2.35. The van der Waals surface area contributed by atoms with E-state index in [2.05, 4.69) is 10.3 Å². The van der Waals surface area contributed by atoms with Crippen molar-refractivity contribution in [2.45, 2.75) is 32.7 Å². The van der Waals surface area contributed by atoms with Gasteiger partial charge in [-0.2, -0.15) is 0 Å². The summed E-state index contributed by atoms with van der Waals surface area (Å²) in [6, 6.07) is 4.95. The highest BCUT2D eigenvalue weighted by molar-refractivity contribution is 7.15. The van der Waals surface area contributed by atoms with Crippen LogP contribution in [-0.4, -0.2) is 47.1 Å². The lowest BCUT2D eigenvalue weighted by Gasteiger charge is -2.25. The minimum absolute atomic E-state index is 0.0506. The standard InChI is InChI=1S/C22H25FN4O2S/c1-2-14-15-9-19(25-17(15)4-3-16(14)23)21(28)27-7-5-18-20(11-27)30-22(26-18)24-10-13-6-8-29-12-13/h3-4,9,13,25H,2,5-8,10-12H2,1H3,(H,24,26). The van der Waals surface area contributed by atoms with E-state index in [9.17, 15) is 9.18 Å². The van der Waals surface area contributed by atoms with E-state index in [0.717, 1.165) is 59.2 Å². The molecule has 2 N–H and O–H groups in total. The smallest absolute Gasteiger partial charge is 0.270 e. The highest BCUT2D eigenvalue weighted by Gasteiger charge is 2.26. The van der Waals surface area contributed by atoms with Crippen molar-refractivity contribution in [3.63, 3.8) is 0 Å². The molecule has 2 aliphatic rings. The van der Waals surface area contributed by atoms with Crippen LogP contribution in [0.15, 0.2) is 18.2 Å². The maximum atomic E-state index is 14.1. The number of ether oxygens (including phenoxy) is 1. The molecular weight excluding hydrogens is 403 g/mol. The van der Waals surface area contributed by atoms with Gasteiger partial charge >= 0.3 is 0 Å². The van der Waals surface area contributed by atoms with Crippen LogP contribution in [0.1, 0.15) is 40.0 Å². The Bertz CT molecular complexity index is 1090. The Hall–Kier alpha value is -2.45. The number of carbonyl (C=O) groups excluding carboxylic acids is 1. The first kappa shape index (κ1) is 19.5. The van der Waals surface area contributed by atoms with Gasteiger partial charge in [0.05, 0.1) is 18.8 Å². The van der Waals surface area contributed by atoms with Crippen molar-refractivity contribution in [2.75, 3.05) is 31.6 Å². The van der Waals surface area contributed by atoms with Crippen molar-refractivity contribution in [1.29, 1.82) is 0 Å². The summed E-state index contributed by atoms with van der Waals surface area (Å²) in [5.74, 6) is 0.272. The predicted octanol–water partition coefficient (Wildman–Crippen LogP) is 3.97. The van der Waals surface area contributed by atoms with Gasteiger partial charge in [0, 0.05) is 47.8 Å². The summed E-state index contributed by atoms with van der Waals surface area (Å²) in [6.45, 7) is 5.65. The zero-order valence-corrected chi connectivity index (χ0v) is 17.8. The molecule has 5 rings (SSSR count). The van der Waals surface area contributed by atoms with Gasteiger partial charge in [0.2, 0.25) is 0 Å². The zero-order valence-electron chi connectivity index (χ0n) is 17.0. The average molecular weight is 429 g/mol. The summed E-state index contributed by atoms with van der Waals surface area (Å²) in [4.78, 5) is 24.0. The number of amides is 1. The number of fused-ring (bicyclic) bond motifs is 2. The molecule has 2 aromatic heterocycles. The van der Waals surface area contributed by atoms with Gasteiger partial charge < -0.3 is 19.9 Å². The quantitative estimate of drug-likeness (QED) is 0.645. The Morgan fingerprint density at radius 2 is 2.37 bits per heavy atom. The Kier molecular flexibility index (Phi) is 5.20. The van der Waals surface area contributed by atoms with Crippen molar-refractivity contribution in [3.8, 4) is 0 Å². The average Bonchev–Trinajstić information content (AvgIpc) is 3.49. The van der Waals surface area contributed by atoms with E-state index < -0.39 is 0 Å². The fraction of sp³-hybridized carbons (Fsp3) is 0.455. The lowest BCUT2D eigenvalue weighted by atomic mass is 10.1. The summed E-state index contributed by atoms with van der Waals surface area (Å²) < 4.78 is 19.5. The van der Waals surface area contributed by atoms with Gasteiger partial charge in [0.1, 0.15) is 11.5 Å². The first-order valence-electron chi connectivity index (χ1n) is 10.5. The summed E-state index contributed by atoms with van der Waals surface area (Å²) in [5, 5.41) is 5.15. The number of aromatic amines is 1. The fourth-order valence-electron chi connectivity index (χ4n) is 4.30. The number of thiazole rings is 1. The second-order valence-corrected chi connectivity index (χ2v) is 9.08. The van der Waals surface area contributed by atoms with E-state index in [1.54, 1.807) is 23.5 Å². The van der Waals surface area contributed by atoms with Crippen LogP contribution in [0.3, 0.4) is 0 Å². The number of anilines is 1. The molecule has 0 bridgehead atoms. The molecule has 158 valence electrons. The van der Waals surface area contributed by atoms with Crippen LogP contribution in [0.2, 0.25) is 0 Å². The predicted molar refractivity (Wildman–Crippen MR) is 116 cm³/mol. The molecule has 1 atom stereocenters. The highest BCUT2D eigenvalue weighted by Crippen LogP contribution is 2.30. The van der Waals surface area contributed by atoms with E-state index in [0.29, 0.717) is 36.7 Å². The van der Waals surface area contributed by atoms with E-state index >= 15 is 0 Å². The van der Waals surface area contributed by atoms with Crippen molar-refractivity contribution < 1.29 is 13.9 Å². The number of carbonyl (C=O) groups is 1. The van der Waals surface area contributed by atoms with Crippen molar-refractivity contribution in [2.24, 2.45) is 5.92 Å². The van der Waals surface area contributed by atoms with E-state index in [-0.39, 0.29) is 11.7 Å². The van der Waals surface area contributed by atoms with Crippen LogP contribution in [-0.2, 0) is 24.1 Å². The molecule has 30 heavy (non-hydrogen) atoms. The third-order valence-electron chi connectivity index (χ3n) is 6.03. The van der Waals surface area contributed by atoms with Crippen LogP contribution >= 0.6 is 11.3 Å². The van der Waals surface area contributed by atoms with Gasteiger partial charge in [0.15, 0.2) is 5.13 Å². The van der Waals surface area contributed by atoms with Crippen molar-refractivity contribution in [1.82, 2.24) is 14.9 Å². The highest BCUT2D eigenvalue weighted by atomic mass is 32.1. The molecule has 1 unspecified atom stereocenters. The molecule has 0 aliphatic carbocycles. The number of hydrogen-bond donors (Lipinski definition) is 2. The molecule has 3 aromatic rings. The zero-order chi connectivity index (χ0) is 20.7. The number of halogens is 1. The number of aromatic nitrogens is 2. The summed E-state index contributed by atoms with van der Waals surface area (Å²) in [5.41, 5.74) is 3.04. The van der Waals surface area contributed by atoms with Crippen LogP contribution in [0.5, 0.6) is 0 Å². The van der Waals surface area contributed by atoms with Crippen LogP contribution in [0.4, 0.5) is 9.52 Å². The summed E-state index contributed by atoms with van der Waals surface area (Å²) in [7, 11) is 0. The first-order chi connectivity index (χ1) is 14.6. The Morgan fingerprint density at radius 1 is 1.47 bits per heavy atom. The van der Waals surface area contributed by atoms with Gasteiger partial charge in [-0.1, -0.05) is 18.3 Å². The van der Waals surface area contributed by atoms with Crippen LogP contribution in [0.25, 0.3) is 10.9 Å². The summed E-state index contributed by atoms with van der Waals surface area (Å²) >= 11 is 1.63. The van der Waals surface area contributed by atoms with Crippen LogP contribution < -0.4 is 5.32 Å². The van der Waals surface area contributed by atoms with E-state index in [4.69, 9.17) is 9.72 Å². The number of nitrogens with one attached hydrogen (secondary N) is 2.